The van der Waals surface area contributed by atoms with Crippen LogP contribution in [-0.4, -0.2) is 71.9 Å². The van der Waals surface area contributed by atoms with E-state index in [1.54, 1.807) is 19.3 Å². The lowest BCUT2D eigenvalue weighted by Gasteiger charge is -2.19. The maximum atomic E-state index is 12.4. The van der Waals surface area contributed by atoms with Crippen LogP contribution in [0.3, 0.4) is 0 Å². The number of aromatic nitrogens is 2. The fraction of sp³-hybridized carbons (Fsp3) is 0.440. The normalized spacial score (nSPS) is 12.1. The largest absolute Gasteiger partial charge is 0.352 e. The highest BCUT2D eigenvalue weighted by Gasteiger charge is 2.13. The van der Waals surface area contributed by atoms with Crippen molar-refractivity contribution in [1.29, 1.82) is 0 Å². The van der Waals surface area contributed by atoms with Gasteiger partial charge in [0.25, 0.3) is 0 Å². The van der Waals surface area contributed by atoms with Crippen molar-refractivity contribution in [2.24, 2.45) is 0 Å². The number of hydrogen-bond acceptors (Lipinski definition) is 6. The first-order chi connectivity index (χ1) is 15.7. The summed E-state index contributed by atoms with van der Waals surface area (Å²) in [6.07, 6.45) is 6.55. The minimum atomic E-state index is -0.191. The Kier molecular flexibility index (Phi) is 10.00. The molecular formula is C25H36N6O2. The van der Waals surface area contributed by atoms with Crippen LogP contribution in [0.5, 0.6) is 0 Å². The van der Waals surface area contributed by atoms with Crippen molar-refractivity contribution in [1.82, 2.24) is 25.1 Å². The van der Waals surface area contributed by atoms with Crippen molar-refractivity contribution >= 4 is 23.3 Å². The number of rotatable bonds is 11. The second-order valence-electron chi connectivity index (χ2n) is 8.50. The monoisotopic (exact) mass is 452 g/mol. The van der Waals surface area contributed by atoms with Crippen molar-refractivity contribution in [3.63, 3.8) is 0 Å². The molecule has 2 N–H and O–H groups in total. The van der Waals surface area contributed by atoms with E-state index in [2.05, 4.69) is 27.5 Å². The molecule has 1 aromatic heterocycles. The van der Waals surface area contributed by atoms with Crippen LogP contribution in [0.1, 0.15) is 30.8 Å². The molecule has 0 aliphatic carbocycles. The molecule has 1 heterocycles. The fourth-order valence-electron chi connectivity index (χ4n) is 3.35. The lowest BCUT2D eigenvalue weighted by Crippen LogP contribution is -2.42. The molecule has 0 bridgehead atoms. The van der Waals surface area contributed by atoms with Gasteiger partial charge in [0, 0.05) is 31.4 Å². The number of carbonyl (C=O) groups is 2. The second kappa shape index (κ2) is 12.7. The first-order valence-electron chi connectivity index (χ1n) is 11.2. The summed E-state index contributed by atoms with van der Waals surface area (Å²) in [5, 5.41) is 6.27. The molecule has 1 atom stereocenters. The zero-order chi connectivity index (χ0) is 24.4. The van der Waals surface area contributed by atoms with Gasteiger partial charge in [-0.15, -0.1) is 0 Å². The van der Waals surface area contributed by atoms with Gasteiger partial charge in [-0.05, 0) is 58.5 Å². The Morgan fingerprint density at radius 1 is 1.21 bits per heavy atom. The summed E-state index contributed by atoms with van der Waals surface area (Å²) in [6.45, 7) is 6.67. The van der Waals surface area contributed by atoms with E-state index in [1.165, 1.54) is 11.0 Å². The third-order valence-corrected chi connectivity index (χ3v) is 5.02. The Balaban J connectivity index is 1.88. The van der Waals surface area contributed by atoms with Gasteiger partial charge >= 0.3 is 0 Å². The Bertz CT molecular complexity index is 973. The topological polar surface area (TPSA) is 90.5 Å². The number of aryl methyl sites for hydroxylation is 2. The van der Waals surface area contributed by atoms with E-state index in [4.69, 9.17) is 0 Å². The number of nitrogens with one attached hydrogen (secondary N) is 2. The Morgan fingerprint density at radius 2 is 1.97 bits per heavy atom. The Morgan fingerprint density at radius 3 is 2.64 bits per heavy atom. The second-order valence-corrected chi connectivity index (χ2v) is 8.50. The molecule has 2 amide bonds. The molecule has 1 aromatic carbocycles. The molecule has 0 fully saturated rings. The molecular weight excluding hydrogens is 416 g/mol. The molecule has 178 valence electrons. The minimum Gasteiger partial charge on any atom is -0.352 e. The van der Waals surface area contributed by atoms with Gasteiger partial charge in [0.2, 0.25) is 11.8 Å². The molecule has 0 aliphatic heterocycles. The van der Waals surface area contributed by atoms with E-state index in [9.17, 15) is 9.59 Å². The Labute approximate surface area is 197 Å². The number of carbonyl (C=O) groups excluding carboxylic acids is 2. The molecule has 0 spiro atoms. The van der Waals surface area contributed by atoms with Crippen molar-refractivity contribution in [3.05, 3.63) is 59.6 Å². The molecule has 8 nitrogen and oxygen atoms in total. The lowest BCUT2D eigenvalue weighted by molar-refractivity contribution is -0.131. The summed E-state index contributed by atoms with van der Waals surface area (Å²) in [6, 6.07) is 7.93. The van der Waals surface area contributed by atoms with Crippen molar-refractivity contribution in [2.75, 3.05) is 39.5 Å². The van der Waals surface area contributed by atoms with Gasteiger partial charge in [-0.25, -0.2) is 4.98 Å². The number of amides is 2. The van der Waals surface area contributed by atoms with E-state index in [0.29, 0.717) is 18.8 Å². The van der Waals surface area contributed by atoms with E-state index in [-0.39, 0.29) is 24.4 Å². The van der Waals surface area contributed by atoms with Crippen LogP contribution in [0.15, 0.2) is 42.6 Å². The fourth-order valence-corrected chi connectivity index (χ4v) is 3.35. The average Bonchev–Trinajstić information content (AvgIpc) is 2.73. The molecule has 2 aromatic rings. The standard InChI is InChI=1S/C25H36N6O2/c1-7-22-19(3)28-23(16-26-22)29-21-11-8-10-20(15-21)14-18(2)27-24(32)17-31(6)25(33)12-9-13-30(4)5/h8-12,15-16,18H,7,13-14,17H2,1-6H3,(H,27,32)(H,28,29)/b12-9+/t18-/m0/s1. The van der Waals surface area contributed by atoms with E-state index >= 15 is 0 Å². The van der Waals surface area contributed by atoms with Gasteiger partial charge in [-0.1, -0.05) is 25.1 Å². The van der Waals surface area contributed by atoms with E-state index in [0.717, 1.165) is 29.1 Å². The molecule has 0 aliphatic rings. The van der Waals surface area contributed by atoms with E-state index in [1.807, 2.05) is 57.1 Å². The van der Waals surface area contributed by atoms with Crippen molar-refractivity contribution in [3.8, 4) is 0 Å². The van der Waals surface area contributed by atoms with Gasteiger partial charge in [-0.2, -0.15) is 0 Å². The highest BCUT2D eigenvalue weighted by Crippen LogP contribution is 2.17. The molecule has 8 heteroatoms. The van der Waals surface area contributed by atoms with Crippen LogP contribution in [0, 0.1) is 6.92 Å². The molecule has 33 heavy (non-hydrogen) atoms. The number of benzene rings is 1. The van der Waals surface area contributed by atoms with Crippen molar-refractivity contribution in [2.45, 2.75) is 39.7 Å². The summed E-state index contributed by atoms with van der Waals surface area (Å²) in [5.74, 6) is 0.328. The van der Waals surface area contributed by atoms with Crippen LogP contribution in [0.2, 0.25) is 0 Å². The maximum absolute atomic E-state index is 12.4. The average molecular weight is 453 g/mol. The van der Waals surface area contributed by atoms with Crippen LogP contribution in [0.25, 0.3) is 0 Å². The summed E-state index contributed by atoms with van der Waals surface area (Å²) in [4.78, 5) is 36.9. The third-order valence-electron chi connectivity index (χ3n) is 5.02. The van der Waals surface area contributed by atoms with Crippen molar-refractivity contribution < 1.29 is 9.59 Å². The Hall–Kier alpha value is -3.26. The summed E-state index contributed by atoms with van der Waals surface area (Å²) < 4.78 is 0. The quantitative estimate of drug-likeness (QED) is 0.510. The van der Waals surface area contributed by atoms with Gasteiger partial charge in [0.05, 0.1) is 24.1 Å². The number of anilines is 2. The summed E-state index contributed by atoms with van der Waals surface area (Å²) in [7, 11) is 5.48. The van der Waals surface area contributed by atoms with Crippen LogP contribution >= 0.6 is 0 Å². The van der Waals surface area contributed by atoms with Gasteiger partial charge < -0.3 is 20.4 Å². The number of nitrogens with zero attached hydrogens (tertiary/aromatic N) is 4. The molecule has 2 rings (SSSR count). The highest BCUT2D eigenvalue weighted by molar-refractivity contribution is 5.91. The van der Waals surface area contributed by atoms with Crippen LogP contribution in [-0.2, 0) is 22.4 Å². The number of hydrogen-bond donors (Lipinski definition) is 2. The zero-order valence-electron chi connectivity index (χ0n) is 20.6. The molecule has 0 saturated carbocycles. The first kappa shape index (κ1) is 26.0. The third kappa shape index (κ3) is 9.02. The highest BCUT2D eigenvalue weighted by atomic mass is 16.2. The van der Waals surface area contributed by atoms with Crippen LogP contribution < -0.4 is 10.6 Å². The number of likely N-dealkylation sites (N-methyl/N-ethyl adjacent to an activating group) is 2. The smallest absolute Gasteiger partial charge is 0.246 e. The molecule has 0 saturated heterocycles. The van der Waals surface area contributed by atoms with Gasteiger partial charge in [0.1, 0.15) is 5.82 Å². The predicted molar refractivity (Wildman–Crippen MR) is 133 cm³/mol. The molecule has 0 radical (unpaired) electrons. The van der Waals surface area contributed by atoms with Gasteiger partial charge in [0.15, 0.2) is 0 Å². The van der Waals surface area contributed by atoms with Crippen LogP contribution in [0.4, 0.5) is 11.5 Å². The first-order valence-corrected chi connectivity index (χ1v) is 11.2. The predicted octanol–water partition coefficient (Wildman–Crippen LogP) is 2.71. The summed E-state index contributed by atoms with van der Waals surface area (Å²) in [5.41, 5.74) is 3.92. The summed E-state index contributed by atoms with van der Waals surface area (Å²) >= 11 is 0. The maximum Gasteiger partial charge on any atom is 0.246 e. The lowest BCUT2D eigenvalue weighted by atomic mass is 10.1. The SMILES string of the molecule is CCc1ncc(Nc2cccc(C[C@H](C)NC(=O)CN(C)C(=O)/C=C/CN(C)C)c2)nc1C. The van der Waals surface area contributed by atoms with Gasteiger partial charge in [-0.3, -0.25) is 14.6 Å². The zero-order valence-corrected chi connectivity index (χ0v) is 20.6. The minimum absolute atomic E-state index is 0.0167. The molecule has 0 unspecified atom stereocenters. The van der Waals surface area contributed by atoms with E-state index < -0.39 is 0 Å².